The molecule has 6 nitrogen and oxygen atoms in total. The molecule has 1 atom stereocenters. The molecule has 31 heavy (non-hydrogen) atoms. The Kier molecular flexibility index (Phi) is 5.89. The fourth-order valence-electron chi connectivity index (χ4n) is 3.11. The summed E-state index contributed by atoms with van der Waals surface area (Å²) in [6, 6.07) is 23.1. The summed E-state index contributed by atoms with van der Waals surface area (Å²) < 4.78 is 11.0. The van der Waals surface area contributed by atoms with Gasteiger partial charge in [-0.1, -0.05) is 42.5 Å². The van der Waals surface area contributed by atoms with Gasteiger partial charge in [-0.2, -0.15) is 0 Å². The molecule has 2 aromatic heterocycles. The highest BCUT2D eigenvalue weighted by atomic mass is 16.5. The van der Waals surface area contributed by atoms with Gasteiger partial charge in [0.05, 0.1) is 17.5 Å². The van der Waals surface area contributed by atoms with Crippen LogP contribution in [0.1, 0.15) is 43.8 Å². The fraction of sp³-hybridized carbons (Fsp3) is 0.0800. The monoisotopic (exact) mass is 412 g/mol. The summed E-state index contributed by atoms with van der Waals surface area (Å²) >= 11 is 0. The zero-order valence-corrected chi connectivity index (χ0v) is 16.8. The van der Waals surface area contributed by atoms with Crippen LogP contribution in [0.15, 0.2) is 95.7 Å². The Labute approximate surface area is 179 Å². The average molecular weight is 412 g/mol. The van der Waals surface area contributed by atoms with E-state index < -0.39 is 18.0 Å². The van der Waals surface area contributed by atoms with Gasteiger partial charge in [0.15, 0.2) is 11.9 Å². The van der Waals surface area contributed by atoms with Gasteiger partial charge in [0.2, 0.25) is 0 Å². The molecule has 0 saturated carbocycles. The van der Waals surface area contributed by atoms with Gasteiger partial charge in [-0.25, -0.2) is 4.79 Å². The van der Waals surface area contributed by atoms with Gasteiger partial charge in [-0.15, -0.1) is 0 Å². The second-order valence-corrected chi connectivity index (χ2v) is 6.91. The summed E-state index contributed by atoms with van der Waals surface area (Å²) in [6.07, 6.45) is 2.43. The van der Waals surface area contributed by atoms with Gasteiger partial charge in [0.25, 0.3) is 5.91 Å². The molecule has 2 aromatic carbocycles. The molecule has 0 aliphatic carbocycles. The van der Waals surface area contributed by atoms with Crippen molar-refractivity contribution in [3.05, 3.63) is 119 Å². The van der Waals surface area contributed by atoms with Crippen molar-refractivity contribution in [2.24, 2.45) is 0 Å². The van der Waals surface area contributed by atoms with Crippen LogP contribution in [-0.4, -0.2) is 16.9 Å². The number of pyridine rings is 1. The van der Waals surface area contributed by atoms with E-state index in [-0.39, 0.29) is 5.76 Å². The Bertz CT molecular complexity index is 1130. The molecule has 0 aliphatic rings. The maximum atomic E-state index is 13.0. The van der Waals surface area contributed by atoms with Crippen molar-refractivity contribution in [1.29, 1.82) is 0 Å². The normalized spacial score (nSPS) is 11.5. The molecule has 0 saturated heterocycles. The van der Waals surface area contributed by atoms with Gasteiger partial charge in [0, 0.05) is 11.9 Å². The number of aryl methyl sites for hydroxylation is 1. The molecule has 2 heterocycles. The molecule has 1 amide bonds. The minimum atomic E-state index is -0.655. The molecule has 0 radical (unpaired) electrons. The zero-order valence-electron chi connectivity index (χ0n) is 16.8. The third kappa shape index (κ3) is 4.70. The summed E-state index contributed by atoms with van der Waals surface area (Å²) in [6.45, 7) is 1.84. The topological polar surface area (TPSA) is 81.4 Å². The van der Waals surface area contributed by atoms with Gasteiger partial charge >= 0.3 is 5.97 Å². The number of furan rings is 1. The summed E-state index contributed by atoms with van der Waals surface area (Å²) in [5.74, 6) is -0.728. The number of anilines is 1. The van der Waals surface area contributed by atoms with Crippen molar-refractivity contribution in [2.75, 3.05) is 5.32 Å². The number of esters is 1. The Morgan fingerprint density at radius 2 is 1.77 bits per heavy atom. The first-order chi connectivity index (χ1) is 15.1. The van der Waals surface area contributed by atoms with Gasteiger partial charge in [0.1, 0.15) is 0 Å². The molecular formula is C25H20N2O4. The van der Waals surface area contributed by atoms with E-state index in [4.69, 9.17) is 9.15 Å². The van der Waals surface area contributed by atoms with Crippen molar-refractivity contribution in [3.63, 3.8) is 0 Å². The first-order valence-corrected chi connectivity index (χ1v) is 9.74. The molecular weight excluding hydrogens is 392 g/mol. The van der Waals surface area contributed by atoms with E-state index in [0.29, 0.717) is 16.9 Å². The first-order valence-electron chi connectivity index (χ1n) is 9.74. The van der Waals surface area contributed by atoms with Crippen LogP contribution in [0.5, 0.6) is 0 Å². The van der Waals surface area contributed by atoms with Crippen molar-refractivity contribution in [3.8, 4) is 0 Å². The maximum Gasteiger partial charge on any atom is 0.339 e. The van der Waals surface area contributed by atoms with Crippen molar-refractivity contribution in [2.45, 2.75) is 13.0 Å². The number of hydrogen-bond acceptors (Lipinski definition) is 5. The van der Waals surface area contributed by atoms with Crippen LogP contribution in [0.3, 0.4) is 0 Å². The lowest BCUT2D eigenvalue weighted by Crippen LogP contribution is -2.16. The highest BCUT2D eigenvalue weighted by molar-refractivity contribution is 6.03. The summed E-state index contributed by atoms with van der Waals surface area (Å²) in [7, 11) is 0. The standard InChI is InChI=1S/C25H20N2O4/c1-17-12-13-19(16-21(17)27-24(28)22-11-7-15-30-22)25(29)31-23(18-8-3-2-4-9-18)20-10-5-6-14-26-20/h2-16,23H,1H3,(H,27,28). The number of ether oxygens (including phenoxy) is 1. The molecule has 0 bridgehead atoms. The quantitative estimate of drug-likeness (QED) is 0.441. The predicted molar refractivity (Wildman–Crippen MR) is 116 cm³/mol. The van der Waals surface area contributed by atoms with Crippen LogP contribution < -0.4 is 5.32 Å². The van der Waals surface area contributed by atoms with E-state index >= 15 is 0 Å². The number of benzene rings is 2. The van der Waals surface area contributed by atoms with Gasteiger partial charge in [-0.3, -0.25) is 9.78 Å². The number of hydrogen-bond donors (Lipinski definition) is 1. The number of aromatic nitrogens is 1. The van der Waals surface area contributed by atoms with Crippen LogP contribution in [0, 0.1) is 6.92 Å². The van der Waals surface area contributed by atoms with Crippen molar-refractivity contribution < 1.29 is 18.7 Å². The van der Waals surface area contributed by atoms with Crippen LogP contribution in [0.4, 0.5) is 5.69 Å². The smallest absolute Gasteiger partial charge is 0.339 e. The fourth-order valence-corrected chi connectivity index (χ4v) is 3.11. The predicted octanol–water partition coefficient (Wildman–Crippen LogP) is 5.18. The summed E-state index contributed by atoms with van der Waals surface area (Å²) in [5, 5.41) is 2.77. The molecule has 0 aliphatic heterocycles. The Balaban J connectivity index is 1.59. The minimum Gasteiger partial charge on any atom is -0.459 e. The van der Waals surface area contributed by atoms with Crippen molar-refractivity contribution in [1.82, 2.24) is 4.98 Å². The number of carbonyl (C=O) groups is 2. The third-order valence-corrected chi connectivity index (χ3v) is 4.75. The first kappa shape index (κ1) is 20.1. The molecule has 154 valence electrons. The Morgan fingerprint density at radius 3 is 2.48 bits per heavy atom. The summed E-state index contributed by atoms with van der Waals surface area (Å²) in [4.78, 5) is 29.7. The summed E-state index contributed by atoms with van der Waals surface area (Å²) in [5.41, 5.74) is 3.07. The number of amides is 1. The van der Waals surface area contributed by atoms with Crippen LogP contribution in [-0.2, 0) is 4.74 Å². The van der Waals surface area contributed by atoms with E-state index in [1.54, 1.807) is 42.6 Å². The molecule has 0 spiro atoms. The average Bonchev–Trinajstić information content (AvgIpc) is 3.35. The molecule has 4 aromatic rings. The lowest BCUT2D eigenvalue weighted by Gasteiger charge is -2.18. The Hall–Kier alpha value is -4.19. The number of nitrogens with one attached hydrogen (secondary N) is 1. The molecule has 1 unspecified atom stereocenters. The van der Waals surface area contributed by atoms with E-state index in [2.05, 4.69) is 10.3 Å². The number of carbonyl (C=O) groups excluding carboxylic acids is 2. The highest BCUT2D eigenvalue weighted by Gasteiger charge is 2.22. The number of rotatable bonds is 6. The second kappa shape index (κ2) is 9.09. The Morgan fingerprint density at radius 1 is 0.968 bits per heavy atom. The van der Waals surface area contributed by atoms with Gasteiger partial charge in [-0.05, 0) is 54.4 Å². The molecule has 4 rings (SSSR count). The van der Waals surface area contributed by atoms with E-state index in [9.17, 15) is 9.59 Å². The van der Waals surface area contributed by atoms with E-state index in [0.717, 1.165) is 11.1 Å². The van der Waals surface area contributed by atoms with Crippen molar-refractivity contribution >= 4 is 17.6 Å². The maximum absolute atomic E-state index is 13.0. The minimum absolute atomic E-state index is 0.187. The lowest BCUT2D eigenvalue weighted by atomic mass is 10.1. The number of nitrogens with zero attached hydrogens (tertiary/aromatic N) is 1. The van der Waals surface area contributed by atoms with Crippen LogP contribution in [0.25, 0.3) is 0 Å². The lowest BCUT2D eigenvalue weighted by molar-refractivity contribution is 0.0370. The third-order valence-electron chi connectivity index (χ3n) is 4.75. The van der Waals surface area contributed by atoms with Gasteiger partial charge < -0.3 is 14.5 Å². The second-order valence-electron chi connectivity index (χ2n) is 6.91. The van der Waals surface area contributed by atoms with Crippen LogP contribution >= 0.6 is 0 Å². The largest absolute Gasteiger partial charge is 0.459 e. The van der Waals surface area contributed by atoms with E-state index in [1.165, 1.54) is 6.26 Å². The zero-order chi connectivity index (χ0) is 21.6. The van der Waals surface area contributed by atoms with E-state index in [1.807, 2.05) is 49.4 Å². The molecule has 1 N–H and O–H groups in total. The SMILES string of the molecule is Cc1ccc(C(=O)OC(c2ccccc2)c2ccccn2)cc1NC(=O)c1ccco1. The molecule has 0 fully saturated rings. The van der Waals surface area contributed by atoms with Crippen LogP contribution in [0.2, 0.25) is 0 Å². The molecule has 6 heteroatoms. The highest BCUT2D eigenvalue weighted by Crippen LogP contribution is 2.27.